The molecular weight excluding hydrogens is 383 g/mol. The van der Waals surface area contributed by atoms with E-state index in [1.807, 2.05) is 38.1 Å². The maximum absolute atomic E-state index is 13.2. The van der Waals surface area contributed by atoms with Gasteiger partial charge in [-0.2, -0.15) is 0 Å². The fraction of sp³-hybridized carbons (Fsp3) is 0.333. The van der Waals surface area contributed by atoms with Crippen molar-refractivity contribution in [3.8, 4) is 0 Å². The van der Waals surface area contributed by atoms with Crippen molar-refractivity contribution >= 4 is 35.0 Å². The average molecular weight is 407 g/mol. The van der Waals surface area contributed by atoms with Gasteiger partial charge in [0.15, 0.2) is 0 Å². The Kier molecular flexibility index (Phi) is 7.69. The molecule has 2 rings (SSSR count). The van der Waals surface area contributed by atoms with Crippen molar-refractivity contribution in [2.75, 3.05) is 7.05 Å². The molecule has 0 saturated carbocycles. The monoisotopic (exact) mass is 406 g/mol. The number of nitrogens with one attached hydrogen (secondary N) is 1. The SMILES string of the molecule is CC[C@H](C(=O)NC)N(Cc1ccccc1C)C(=O)Cc1c(Cl)cccc1Cl. The molecule has 0 bridgehead atoms. The van der Waals surface area contributed by atoms with Crippen molar-refractivity contribution < 1.29 is 9.59 Å². The van der Waals surface area contributed by atoms with Crippen LogP contribution in [-0.2, 0) is 22.6 Å². The van der Waals surface area contributed by atoms with Crippen LogP contribution in [0.25, 0.3) is 0 Å². The predicted octanol–water partition coefficient (Wildman–Crippen LogP) is 4.40. The largest absolute Gasteiger partial charge is 0.357 e. The van der Waals surface area contributed by atoms with Gasteiger partial charge in [-0.05, 0) is 42.2 Å². The van der Waals surface area contributed by atoms with Crippen LogP contribution in [0.15, 0.2) is 42.5 Å². The van der Waals surface area contributed by atoms with E-state index in [1.165, 1.54) is 0 Å². The quantitative estimate of drug-likeness (QED) is 0.740. The molecular formula is C21H24Cl2N2O2. The molecule has 4 nitrogen and oxygen atoms in total. The lowest BCUT2D eigenvalue weighted by Crippen LogP contribution is -2.48. The number of carbonyl (C=O) groups excluding carboxylic acids is 2. The zero-order chi connectivity index (χ0) is 20.0. The summed E-state index contributed by atoms with van der Waals surface area (Å²) in [4.78, 5) is 27.2. The molecule has 6 heteroatoms. The zero-order valence-electron chi connectivity index (χ0n) is 15.8. The lowest BCUT2D eigenvalue weighted by Gasteiger charge is -2.31. The highest BCUT2D eigenvalue weighted by molar-refractivity contribution is 6.36. The van der Waals surface area contributed by atoms with E-state index < -0.39 is 6.04 Å². The van der Waals surface area contributed by atoms with Crippen LogP contribution in [0.3, 0.4) is 0 Å². The van der Waals surface area contributed by atoms with Crippen molar-refractivity contribution in [2.45, 2.75) is 39.3 Å². The second-order valence-electron chi connectivity index (χ2n) is 6.36. The number of halogens is 2. The van der Waals surface area contributed by atoms with Gasteiger partial charge in [0.25, 0.3) is 0 Å². The Morgan fingerprint density at radius 3 is 2.26 bits per heavy atom. The Labute approximate surface area is 170 Å². The molecule has 0 aromatic heterocycles. The summed E-state index contributed by atoms with van der Waals surface area (Å²) in [7, 11) is 1.58. The summed E-state index contributed by atoms with van der Waals surface area (Å²) in [5, 5.41) is 3.54. The second kappa shape index (κ2) is 9.77. The number of benzene rings is 2. The molecule has 1 N–H and O–H groups in total. The highest BCUT2D eigenvalue weighted by Crippen LogP contribution is 2.26. The number of carbonyl (C=O) groups is 2. The predicted molar refractivity (Wildman–Crippen MR) is 110 cm³/mol. The minimum absolute atomic E-state index is 0.0396. The van der Waals surface area contributed by atoms with E-state index >= 15 is 0 Å². The number of hydrogen-bond acceptors (Lipinski definition) is 2. The van der Waals surface area contributed by atoms with E-state index in [9.17, 15) is 9.59 Å². The minimum Gasteiger partial charge on any atom is -0.357 e. The van der Waals surface area contributed by atoms with Gasteiger partial charge in [-0.3, -0.25) is 9.59 Å². The van der Waals surface area contributed by atoms with Gasteiger partial charge in [-0.25, -0.2) is 0 Å². The zero-order valence-corrected chi connectivity index (χ0v) is 17.3. The first-order valence-corrected chi connectivity index (χ1v) is 9.63. The molecule has 0 aliphatic rings. The third-order valence-electron chi connectivity index (χ3n) is 4.62. The van der Waals surface area contributed by atoms with Gasteiger partial charge in [0.1, 0.15) is 6.04 Å². The summed E-state index contributed by atoms with van der Waals surface area (Å²) in [6, 6.07) is 12.4. The van der Waals surface area contributed by atoms with Gasteiger partial charge in [0, 0.05) is 23.6 Å². The van der Waals surface area contributed by atoms with Gasteiger partial charge in [-0.1, -0.05) is 60.5 Å². The molecule has 0 aliphatic heterocycles. The fourth-order valence-electron chi connectivity index (χ4n) is 3.01. The lowest BCUT2D eigenvalue weighted by molar-refractivity contribution is -0.140. The first-order chi connectivity index (χ1) is 12.9. The molecule has 2 aromatic carbocycles. The van der Waals surface area contributed by atoms with Gasteiger partial charge >= 0.3 is 0 Å². The van der Waals surface area contributed by atoms with Crippen molar-refractivity contribution in [2.24, 2.45) is 0 Å². The van der Waals surface area contributed by atoms with Crippen LogP contribution in [-0.4, -0.2) is 29.8 Å². The van der Waals surface area contributed by atoms with Gasteiger partial charge in [0.05, 0.1) is 6.42 Å². The number of rotatable bonds is 7. The molecule has 0 heterocycles. The Hall–Kier alpha value is -2.04. The van der Waals surface area contributed by atoms with E-state index in [0.717, 1.165) is 11.1 Å². The molecule has 0 spiro atoms. The first-order valence-electron chi connectivity index (χ1n) is 8.87. The van der Waals surface area contributed by atoms with E-state index in [0.29, 0.717) is 28.6 Å². The molecule has 0 saturated heterocycles. The third-order valence-corrected chi connectivity index (χ3v) is 5.33. The van der Waals surface area contributed by atoms with E-state index in [-0.39, 0.29) is 18.2 Å². The molecule has 2 amide bonds. The maximum Gasteiger partial charge on any atom is 0.242 e. The van der Waals surface area contributed by atoms with Crippen LogP contribution in [0.1, 0.15) is 30.0 Å². The van der Waals surface area contributed by atoms with Crippen molar-refractivity contribution in [1.29, 1.82) is 0 Å². The molecule has 27 heavy (non-hydrogen) atoms. The van der Waals surface area contributed by atoms with Crippen LogP contribution in [0, 0.1) is 6.92 Å². The maximum atomic E-state index is 13.2. The average Bonchev–Trinajstić information content (AvgIpc) is 2.65. The third kappa shape index (κ3) is 5.24. The van der Waals surface area contributed by atoms with E-state index in [2.05, 4.69) is 5.32 Å². The Balaban J connectivity index is 2.37. The van der Waals surface area contributed by atoms with Crippen LogP contribution >= 0.6 is 23.2 Å². The van der Waals surface area contributed by atoms with Crippen molar-refractivity contribution in [3.05, 3.63) is 69.2 Å². The number of aryl methyl sites for hydroxylation is 1. The molecule has 0 aliphatic carbocycles. The molecule has 2 aromatic rings. The standard InChI is InChI=1S/C21H24Cl2N2O2/c1-4-19(21(27)24-3)25(13-15-9-6-5-8-14(15)2)20(26)12-16-17(22)10-7-11-18(16)23/h5-11,19H,4,12-13H2,1-3H3,(H,24,27)/t19-/m1/s1. The van der Waals surface area contributed by atoms with Crippen molar-refractivity contribution in [3.63, 3.8) is 0 Å². The summed E-state index contributed by atoms with van der Waals surface area (Å²) < 4.78 is 0. The Morgan fingerprint density at radius 2 is 1.70 bits per heavy atom. The van der Waals surface area contributed by atoms with Gasteiger partial charge in [0.2, 0.25) is 11.8 Å². The topological polar surface area (TPSA) is 49.4 Å². The van der Waals surface area contributed by atoms with Gasteiger partial charge in [-0.15, -0.1) is 0 Å². The van der Waals surface area contributed by atoms with Gasteiger partial charge < -0.3 is 10.2 Å². The second-order valence-corrected chi connectivity index (χ2v) is 7.18. The minimum atomic E-state index is -0.566. The summed E-state index contributed by atoms with van der Waals surface area (Å²) in [5.41, 5.74) is 2.64. The number of likely N-dealkylation sites (N-methyl/N-ethyl adjacent to an activating group) is 1. The summed E-state index contributed by atoms with van der Waals surface area (Å²) >= 11 is 12.5. The van der Waals surface area contributed by atoms with Crippen LogP contribution in [0.4, 0.5) is 0 Å². The smallest absolute Gasteiger partial charge is 0.242 e. The lowest BCUT2D eigenvalue weighted by atomic mass is 10.0. The van der Waals surface area contributed by atoms with E-state index in [4.69, 9.17) is 23.2 Å². The normalized spacial score (nSPS) is 11.7. The number of amides is 2. The number of hydrogen-bond donors (Lipinski definition) is 1. The van der Waals surface area contributed by atoms with Crippen molar-refractivity contribution in [1.82, 2.24) is 10.2 Å². The highest BCUT2D eigenvalue weighted by Gasteiger charge is 2.29. The molecule has 144 valence electrons. The summed E-state index contributed by atoms with van der Waals surface area (Å²) in [5.74, 6) is -0.381. The van der Waals surface area contributed by atoms with E-state index in [1.54, 1.807) is 30.1 Å². The summed E-state index contributed by atoms with van der Waals surface area (Å²) in [6.45, 7) is 4.23. The molecule has 0 fully saturated rings. The van der Waals surface area contributed by atoms with Crippen LogP contribution < -0.4 is 5.32 Å². The Bertz CT molecular complexity index is 803. The Morgan fingerprint density at radius 1 is 1.07 bits per heavy atom. The first kappa shape index (κ1) is 21.3. The number of nitrogens with zero attached hydrogens (tertiary/aromatic N) is 1. The summed E-state index contributed by atoms with van der Waals surface area (Å²) in [6.07, 6.45) is 0.547. The highest BCUT2D eigenvalue weighted by atomic mass is 35.5. The molecule has 0 radical (unpaired) electrons. The molecule has 0 unspecified atom stereocenters. The molecule has 1 atom stereocenters. The fourth-order valence-corrected chi connectivity index (χ4v) is 3.54. The van der Waals surface area contributed by atoms with Crippen LogP contribution in [0.5, 0.6) is 0 Å². The van der Waals surface area contributed by atoms with Crippen LogP contribution in [0.2, 0.25) is 10.0 Å².